The number of hydrogen-bond donors (Lipinski definition) is 9. The van der Waals surface area contributed by atoms with Gasteiger partial charge in [0.2, 0.25) is 0 Å². The first-order valence-electron chi connectivity index (χ1n) is 38.0. The van der Waals surface area contributed by atoms with Crippen molar-refractivity contribution in [2.45, 2.75) is 257 Å². The lowest BCUT2D eigenvalue weighted by molar-refractivity contribution is 0.0807. The molecule has 0 spiro atoms. The summed E-state index contributed by atoms with van der Waals surface area (Å²) in [6, 6.07) is 39.4. The first-order chi connectivity index (χ1) is 47.2. The van der Waals surface area contributed by atoms with E-state index in [9.17, 15) is 30.6 Å². The van der Waals surface area contributed by atoms with Gasteiger partial charge in [0.1, 0.15) is 28.7 Å². The maximum Gasteiger partial charge on any atom is 0.121 e. The van der Waals surface area contributed by atoms with E-state index < -0.39 is 18.3 Å². The molecule has 0 heterocycles. The lowest BCUT2D eigenvalue weighted by atomic mass is 9.88. The molecule has 14 heteroatoms. The third-order valence-electron chi connectivity index (χ3n) is 19.5. The summed E-state index contributed by atoms with van der Waals surface area (Å²) in [6.45, 7) is 13.4. The van der Waals surface area contributed by atoms with Gasteiger partial charge in [-0.1, -0.05) is 166 Å². The van der Waals surface area contributed by atoms with Crippen LogP contribution in [0.3, 0.4) is 0 Å². The van der Waals surface area contributed by atoms with Gasteiger partial charge in [-0.3, -0.25) is 0 Å². The number of benzene rings is 5. The smallest absolute Gasteiger partial charge is 0.121 e. The van der Waals surface area contributed by atoms with Crippen molar-refractivity contribution in [3.63, 3.8) is 0 Å². The van der Waals surface area contributed by atoms with Crippen molar-refractivity contribution in [3.05, 3.63) is 144 Å². The average molecular weight is 1340 g/mol. The van der Waals surface area contributed by atoms with Crippen molar-refractivity contribution in [1.82, 2.24) is 0 Å². The molecule has 0 radical (unpaired) electrons. The Morgan fingerprint density at radius 1 is 0.412 bits per heavy atom. The number of ether oxygens (including phenoxy) is 5. The average Bonchev–Trinajstić information content (AvgIpc) is 1.14. The van der Waals surface area contributed by atoms with Crippen molar-refractivity contribution in [2.24, 2.45) is 35.3 Å². The molecule has 5 aromatic carbocycles. The van der Waals surface area contributed by atoms with E-state index in [2.05, 4.69) is 39.1 Å². The first-order valence-corrected chi connectivity index (χ1v) is 38.0. The van der Waals surface area contributed by atoms with Crippen LogP contribution in [0.15, 0.2) is 121 Å². The van der Waals surface area contributed by atoms with E-state index in [1.807, 2.05) is 115 Å². The number of aliphatic hydroxyl groups excluding tert-OH is 6. The summed E-state index contributed by atoms with van der Waals surface area (Å²) in [7, 11) is 0. The summed E-state index contributed by atoms with van der Waals surface area (Å²) in [5.74, 6) is 7.15. The molecule has 10 N–H and O–H groups in total. The number of nitrogens with two attached hydrogens (primary N) is 1. The molecule has 0 amide bonds. The third-order valence-corrected chi connectivity index (χ3v) is 19.5. The van der Waals surface area contributed by atoms with Crippen LogP contribution < -0.4 is 34.7 Å². The molecule has 14 nitrogen and oxygen atoms in total. The van der Waals surface area contributed by atoms with E-state index >= 15 is 0 Å². The minimum absolute atomic E-state index is 0.157. The maximum absolute atomic E-state index is 10.0. The van der Waals surface area contributed by atoms with Crippen molar-refractivity contribution in [1.29, 1.82) is 5.41 Å². The number of nitrogens with one attached hydrogen (secondary N) is 2. The number of aliphatic hydroxyl groups is 6. The minimum atomic E-state index is -0.403. The van der Waals surface area contributed by atoms with Crippen LogP contribution in [0.25, 0.3) is 0 Å². The molecule has 0 unspecified atom stereocenters. The number of rotatable bonds is 30. The molecule has 0 saturated heterocycles. The second-order valence-electron chi connectivity index (χ2n) is 28.3. The molecule has 5 aliphatic carbocycles. The van der Waals surface area contributed by atoms with Crippen LogP contribution in [0.5, 0.6) is 28.7 Å². The van der Waals surface area contributed by atoms with Gasteiger partial charge in [-0.25, -0.2) is 0 Å². The van der Waals surface area contributed by atoms with E-state index in [-0.39, 0.29) is 18.3 Å². The van der Waals surface area contributed by atoms with E-state index in [1.165, 1.54) is 64.2 Å². The largest absolute Gasteiger partial charge is 0.493 e. The monoisotopic (exact) mass is 1340 g/mol. The molecule has 5 aliphatic rings. The quantitative estimate of drug-likeness (QED) is 0.0195. The fraction of sp³-hybridized carbons (Fsp3) is 0.627. The van der Waals surface area contributed by atoms with Crippen molar-refractivity contribution < 1.29 is 54.3 Å². The molecule has 97 heavy (non-hydrogen) atoms. The molecular formula is C83H127N3O11. The Balaban J connectivity index is 0.000000192. The van der Waals surface area contributed by atoms with Crippen LogP contribution in [0, 0.1) is 35.0 Å². The predicted molar refractivity (Wildman–Crippen MR) is 396 cm³/mol. The maximum atomic E-state index is 10.0. The molecule has 9 atom stereocenters. The van der Waals surface area contributed by atoms with Gasteiger partial charge < -0.3 is 70.8 Å². The Morgan fingerprint density at radius 2 is 0.742 bits per heavy atom. The van der Waals surface area contributed by atoms with Gasteiger partial charge in [0.25, 0.3) is 0 Å². The van der Waals surface area contributed by atoms with Crippen LogP contribution in [-0.2, 0) is 0 Å². The Hall–Kier alpha value is -5.71. The summed E-state index contributed by atoms with van der Waals surface area (Å²) < 4.78 is 29.3. The van der Waals surface area contributed by atoms with Crippen LogP contribution in [0.2, 0.25) is 0 Å². The molecule has 540 valence electrons. The zero-order chi connectivity index (χ0) is 69.2. The molecule has 5 saturated carbocycles. The lowest BCUT2D eigenvalue weighted by Gasteiger charge is -2.25. The fourth-order valence-electron chi connectivity index (χ4n) is 13.9. The zero-order valence-corrected chi connectivity index (χ0v) is 59.9. The Morgan fingerprint density at radius 3 is 1.09 bits per heavy atom. The molecule has 0 aromatic heterocycles. The highest BCUT2D eigenvalue weighted by Gasteiger charge is 2.24. The van der Waals surface area contributed by atoms with Crippen molar-refractivity contribution in [3.8, 4) is 28.7 Å². The second kappa shape index (κ2) is 47.4. The Kier molecular flexibility index (Phi) is 39.2. The van der Waals surface area contributed by atoms with Gasteiger partial charge in [-0.2, -0.15) is 0 Å². The molecule has 0 bridgehead atoms. The van der Waals surface area contributed by atoms with Crippen LogP contribution in [-0.4, -0.2) is 101 Å². The van der Waals surface area contributed by atoms with E-state index in [0.717, 1.165) is 217 Å². The standard InChI is InChI=1S/C17H25NO.3C17H26O3.C15H24N2O/c1-2-7-17(18)15-10-6-11-16(12-15)19-13-14-8-4-3-5-9-14;3*1-2-5-17(19)14-7-4-9-16(11-14)20-12-13-6-3-8-15(18)10-13;16-9-10-17-14-7-4-8-15(11-14)18-12-13-5-2-1-3-6-13/h6,10-12,14,18H,2-5,7-9,13H2,1H3;3*4,7,9,11,13,15,17-19H,2-3,5-6,8,10,12H2,1H3;4,7-8,11,13,17H,1-3,5-6,9-10,12,16H2/t;13-,15+,17+;13-,15+,17-;13-,15-,17-;/m.011./s1. The van der Waals surface area contributed by atoms with E-state index in [0.29, 0.717) is 49.8 Å². The number of hydrogen-bond acceptors (Lipinski definition) is 14. The normalized spacial score (nSPS) is 21.3. The summed E-state index contributed by atoms with van der Waals surface area (Å²) in [5.41, 5.74) is 11.1. The van der Waals surface area contributed by atoms with E-state index in [4.69, 9.17) is 34.8 Å². The highest BCUT2D eigenvalue weighted by Crippen LogP contribution is 2.32. The molecule has 5 fully saturated rings. The van der Waals surface area contributed by atoms with Gasteiger partial charge in [0, 0.05) is 30.6 Å². The van der Waals surface area contributed by atoms with Gasteiger partial charge >= 0.3 is 0 Å². The third kappa shape index (κ3) is 32.4. The van der Waals surface area contributed by atoms with Gasteiger partial charge in [0.15, 0.2) is 0 Å². The fourth-order valence-corrected chi connectivity index (χ4v) is 13.9. The Labute approximate surface area is 584 Å². The van der Waals surface area contributed by atoms with E-state index in [1.54, 1.807) is 0 Å². The van der Waals surface area contributed by atoms with Gasteiger partial charge in [-0.05, 0) is 222 Å². The Bertz CT molecular complexity index is 2680. The highest BCUT2D eigenvalue weighted by molar-refractivity contribution is 5.98. The lowest BCUT2D eigenvalue weighted by Crippen LogP contribution is -2.24. The first kappa shape index (κ1) is 80.3. The molecule has 5 aromatic rings. The number of anilines is 1. The zero-order valence-electron chi connectivity index (χ0n) is 59.9. The van der Waals surface area contributed by atoms with Crippen LogP contribution >= 0.6 is 0 Å². The SMILES string of the molecule is CCCC(=N)c1cccc(OCC2CCCCC2)c1.CCC[C@@H](O)c1cccc(OC[C@@H]2CCC[C@@H](O)C2)c1.CCC[C@@H](O)c1cccc(OC[C@@H]2CCC[C@H](O)C2)c1.CCC[C@@H](O)c1cccc(OC[C@H]2CCC[C@@H](O)C2)c1.NCCNc1cccc(OCC2CCCCC2)c1. The predicted octanol–water partition coefficient (Wildman–Crippen LogP) is 18.2. The second-order valence-corrected chi connectivity index (χ2v) is 28.3. The highest BCUT2D eigenvalue weighted by atomic mass is 16.5. The molecule has 0 aliphatic heterocycles. The van der Waals surface area contributed by atoms with Crippen LogP contribution in [0.4, 0.5) is 5.69 Å². The summed E-state index contributed by atoms with van der Waals surface area (Å²) in [5, 5.41) is 70.3. The summed E-state index contributed by atoms with van der Waals surface area (Å²) >= 11 is 0. The summed E-state index contributed by atoms with van der Waals surface area (Å²) in [4.78, 5) is 0. The molecular weight excluding hydrogens is 1210 g/mol. The minimum Gasteiger partial charge on any atom is -0.493 e. The molecule has 10 rings (SSSR count). The van der Waals surface area contributed by atoms with Crippen molar-refractivity contribution in [2.75, 3.05) is 51.4 Å². The van der Waals surface area contributed by atoms with Gasteiger partial charge in [-0.15, -0.1) is 0 Å². The van der Waals surface area contributed by atoms with Crippen molar-refractivity contribution >= 4 is 11.4 Å². The topological polar surface area (TPSA) is 229 Å². The summed E-state index contributed by atoms with van der Waals surface area (Å²) in [6.07, 6.45) is 30.9. The van der Waals surface area contributed by atoms with Crippen LogP contribution in [0.1, 0.15) is 261 Å². The van der Waals surface area contributed by atoms with Gasteiger partial charge in [0.05, 0.1) is 69.7 Å².